The quantitative estimate of drug-likeness (QED) is 0.449. The smallest absolute Gasteiger partial charge is 0.263 e. The molecule has 0 spiro atoms. The van der Waals surface area contributed by atoms with E-state index in [-0.39, 0.29) is 22.0 Å². The van der Waals surface area contributed by atoms with Crippen molar-refractivity contribution in [2.75, 3.05) is 0 Å². The molecule has 2 rings (SSSR count). The van der Waals surface area contributed by atoms with Crippen LogP contribution in [0.15, 0.2) is 34.2 Å². The van der Waals surface area contributed by atoms with E-state index in [1.165, 1.54) is 6.21 Å². The number of hydrogen-bond donors (Lipinski definition) is 3. The van der Waals surface area contributed by atoms with Gasteiger partial charge < -0.3 is 15.4 Å². The van der Waals surface area contributed by atoms with Crippen molar-refractivity contribution in [3.8, 4) is 5.75 Å². The molecule has 0 fully saturated rings. The van der Waals surface area contributed by atoms with Crippen molar-refractivity contribution in [1.82, 2.24) is 9.99 Å². The summed E-state index contributed by atoms with van der Waals surface area (Å²) in [4.78, 5) is 12.5. The van der Waals surface area contributed by atoms with Crippen LogP contribution in [-0.4, -0.2) is 21.0 Å². The summed E-state index contributed by atoms with van der Waals surface area (Å²) in [5.74, 6) is -0.101. The maximum Gasteiger partial charge on any atom is 0.263 e. The predicted octanol–water partition coefficient (Wildman–Crippen LogP) is 1.28. The van der Waals surface area contributed by atoms with Crippen molar-refractivity contribution >= 4 is 34.4 Å². The summed E-state index contributed by atoms with van der Waals surface area (Å²) < 4.78 is 1.62. The number of aryl methyl sites for hydroxylation is 1. The molecule has 0 aliphatic carbocycles. The van der Waals surface area contributed by atoms with Crippen molar-refractivity contribution < 1.29 is 5.11 Å². The molecule has 4 N–H and O–H groups in total. The Hall–Kier alpha value is -2.41. The summed E-state index contributed by atoms with van der Waals surface area (Å²) in [6.45, 7) is 2.54. The molecule has 1 aromatic carbocycles. The minimum Gasteiger partial charge on any atom is -0.506 e. The third-order valence-electron chi connectivity index (χ3n) is 3.00. The highest BCUT2D eigenvalue weighted by Gasteiger charge is 2.14. The first kappa shape index (κ1) is 15.0. The minimum atomic E-state index is -0.304. The van der Waals surface area contributed by atoms with Gasteiger partial charge >= 0.3 is 0 Å². The van der Waals surface area contributed by atoms with Crippen LogP contribution in [-0.2, 0) is 6.54 Å². The molecule has 6 nitrogen and oxygen atoms in total. The highest BCUT2D eigenvalue weighted by Crippen LogP contribution is 2.25. The van der Waals surface area contributed by atoms with Gasteiger partial charge in [0.15, 0.2) is 5.11 Å². The number of nitrogens with one attached hydrogen (secondary N) is 1. The number of aromatic hydroxyl groups is 1. The summed E-state index contributed by atoms with van der Waals surface area (Å²) in [6.07, 6.45) is 2.03. The third kappa shape index (κ3) is 3.03. The molecule has 110 valence electrons. The maximum atomic E-state index is 12.5. The number of fused-ring (bicyclic) bond motifs is 1. The predicted molar refractivity (Wildman–Crippen MR) is 87.7 cm³/mol. The SMILES string of the molecule is CCCn1c(=O)c(/C=N/NC(N)=S)c(O)c2ccccc21. The second kappa shape index (κ2) is 6.36. The van der Waals surface area contributed by atoms with Gasteiger partial charge in [-0.3, -0.25) is 10.2 Å². The Balaban J connectivity index is 2.67. The van der Waals surface area contributed by atoms with Crippen LogP contribution < -0.4 is 16.7 Å². The molecule has 0 radical (unpaired) electrons. The van der Waals surface area contributed by atoms with Crippen LogP contribution in [0.3, 0.4) is 0 Å². The van der Waals surface area contributed by atoms with Crippen LogP contribution in [0, 0.1) is 0 Å². The minimum absolute atomic E-state index is 0.0135. The van der Waals surface area contributed by atoms with E-state index in [9.17, 15) is 9.90 Å². The monoisotopic (exact) mass is 304 g/mol. The zero-order chi connectivity index (χ0) is 15.4. The number of hydrogen-bond acceptors (Lipinski definition) is 4. The largest absolute Gasteiger partial charge is 0.506 e. The number of thiocarbonyl (C=S) groups is 1. The van der Waals surface area contributed by atoms with Crippen LogP contribution in [0.25, 0.3) is 10.9 Å². The second-order valence-corrected chi connectivity index (χ2v) is 4.91. The summed E-state index contributed by atoms with van der Waals surface area (Å²) in [7, 11) is 0. The standard InChI is InChI=1S/C14H16N4O2S/c1-2-7-18-11-6-4-3-5-9(11)12(19)10(13(18)20)8-16-17-14(15)21/h3-6,8,19H,2,7H2,1H3,(H3,15,17,21)/b16-8+. The van der Waals surface area contributed by atoms with Crippen LogP contribution >= 0.6 is 12.2 Å². The molecular formula is C14H16N4O2S. The van der Waals surface area contributed by atoms with Gasteiger partial charge in [0.2, 0.25) is 0 Å². The van der Waals surface area contributed by atoms with Crippen molar-refractivity contribution in [2.24, 2.45) is 10.8 Å². The molecule has 2 aromatic rings. The van der Waals surface area contributed by atoms with Gasteiger partial charge in [0.1, 0.15) is 11.3 Å². The normalized spacial score (nSPS) is 11.1. The van der Waals surface area contributed by atoms with Crippen LogP contribution in [0.4, 0.5) is 0 Å². The Labute approximate surface area is 126 Å². The number of para-hydroxylation sites is 1. The first-order chi connectivity index (χ1) is 10.1. The molecule has 1 heterocycles. The zero-order valence-corrected chi connectivity index (χ0v) is 12.4. The van der Waals surface area contributed by atoms with Crippen LogP contribution in [0.1, 0.15) is 18.9 Å². The summed E-state index contributed by atoms with van der Waals surface area (Å²) in [6, 6.07) is 7.20. The molecule has 0 amide bonds. The average molecular weight is 304 g/mol. The number of rotatable bonds is 4. The van der Waals surface area contributed by atoms with Gasteiger partial charge in [-0.1, -0.05) is 19.1 Å². The van der Waals surface area contributed by atoms with Gasteiger partial charge in [-0.15, -0.1) is 0 Å². The molecule has 0 aliphatic rings. The van der Waals surface area contributed by atoms with E-state index >= 15 is 0 Å². The van der Waals surface area contributed by atoms with Gasteiger partial charge in [0.25, 0.3) is 5.56 Å². The lowest BCUT2D eigenvalue weighted by molar-refractivity contribution is 0.477. The van der Waals surface area contributed by atoms with Gasteiger partial charge in [0, 0.05) is 11.9 Å². The molecule has 0 saturated carbocycles. The number of hydrazone groups is 1. The van der Waals surface area contributed by atoms with E-state index < -0.39 is 0 Å². The van der Waals surface area contributed by atoms with Gasteiger partial charge in [-0.25, -0.2) is 0 Å². The number of pyridine rings is 1. The molecule has 0 aliphatic heterocycles. The van der Waals surface area contributed by atoms with Crippen LogP contribution in [0.2, 0.25) is 0 Å². The van der Waals surface area contributed by atoms with E-state index in [2.05, 4.69) is 22.7 Å². The Morgan fingerprint density at radius 2 is 2.24 bits per heavy atom. The molecule has 0 saturated heterocycles. The Kier molecular flexibility index (Phi) is 4.54. The Morgan fingerprint density at radius 3 is 2.90 bits per heavy atom. The maximum absolute atomic E-state index is 12.5. The van der Waals surface area contributed by atoms with Gasteiger partial charge in [-0.2, -0.15) is 5.10 Å². The van der Waals surface area contributed by atoms with E-state index in [0.717, 1.165) is 6.42 Å². The summed E-state index contributed by atoms with van der Waals surface area (Å²) in [5.41, 5.74) is 8.12. The number of benzene rings is 1. The fraction of sp³-hybridized carbons (Fsp3) is 0.214. The Morgan fingerprint density at radius 1 is 1.52 bits per heavy atom. The van der Waals surface area contributed by atoms with Crippen molar-refractivity contribution in [3.05, 3.63) is 40.2 Å². The van der Waals surface area contributed by atoms with Gasteiger partial charge in [-0.05, 0) is 30.8 Å². The third-order valence-corrected chi connectivity index (χ3v) is 3.09. The average Bonchev–Trinajstić information content (AvgIpc) is 2.47. The number of aromatic nitrogens is 1. The van der Waals surface area contributed by atoms with E-state index in [1.807, 2.05) is 13.0 Å². The molecule has 1 aromatic heterocycles. The fourth-order valence-electron chi connectivity index (χ4n) is 2.13. The molecule has 7 heteroatoms. The van der Waals surface area contributed by atoms with Crippen LogP contribution in [0.5, 0.6) is 5.75 Å². The lowest BCUT2D eigenvalue weighted by atomic mass is 10.1. The highest BCUT2D eigenvalue weighted by molar-refractivity contribution is 7.80. The lowest BCUT2D eigenvalue weighted by Gasteiger charge is -2.12. The second-order valence-electron chi connectivity index (χ2n) is 4.47. The number of nitrogens with zero attached hydrogens (tertiary/aromatic N) is 2. The molecule has 0 bridgehead atoms. The topological polar surface area (TPSA) is 92.6 Å². The number of nitrogens with two attached hydrogens (primary N) is 1. The van der Waals surface area contributed by atoms with Crippen molar-refractivity contribution in [2.45, 2.75) is 19.9 Å². The molecular weight excluding hydrogens is 288 g/mol. The van der Waals surface area contributed by atoms with Gasteiger partial charge in [0.05, 0.1) is 11.7 Å². The first-order valence-electron chi connectivity index (χ1n) is 6.49. The van der Waals surface area contributed by atoms with E-state index in [1.54, 1.807) is 22.8 Å². The van der Waals surface area contributed by atoms with Crippen molar-refractivity contribution in [3.63, 3.8) is 0 Å². The lowest BCUT2D eigenvalue weighted by Crippen LogP contribution is -2.26. The fourth-order valence-corrected chi connectivity index (χ4v) is 2.19. The molecule has 0 atom stereocenters. The van der Waals surface area contributed by atoms with E-state index in [0.29, 0.717) is 17.4 Å². The Bertz CT molecular complexity index is 767. The summed E-state index contributed by atoms with van der Waals surface area (Å²) in [5, 5.41) is 14.6. The molecule has 0 unspecified atom stereocenters. The molecule has 21 heavy (non-hydrogen) atoms. The zero-order valence-electron chi connectivity index (χ0n) is 11.5. The summed E-state index contributed by atoms with van der Waals surface area (Å²) >= 11 is 4.63. The van der Waals surface area contributed by atoms with E-state index in [4.69, 9.17) is 5.73 Å². The highest BCUT2D eigenvalue weighted by atomic mass is 32.1. The first-order valence-corrected chi connectivity index (χ1v) is 6.90. The van der Waals surface area contributed by atoms with Crippen molar-refractivity contribution in [1.29, 1.82) is 0 Å².